The van der Waals surface area contributed by atoms with Crippen LogP contribution < -0.4 is 5.32 Å². The minimum atomic E-state index is 0.00791. The summed E-state index contributed by atoms with van der Waals surface area (Å²) >= 11 is 0. The SMILES string of the molecule is CC(=O)N(C)Cc1ccccc1NC(=O)[C@H]1CC=CCC1. The summed E-state index contributed by atoms with van der Waals surface area (Å²) in [5.74, 6) is 0.124. The lowest BCUT2D eigenvalue weighted by Crippen LogP contribution is -2.26. The monoisotopic (exact) mass is 286 g/mol. The molecule has 1 aromatic rings. The number of benzene rings is 1. The van der Waals surface area contributed by atoms with Crippen molar-refractivity contribution in [3.63, 3.8) is 0 Å². The third kappa shape index (κ3) is 4.18. The molecule has 0 saturated carbocycles. The molecule has 0 heterocycles. The molecule has 0 unspecified atom stereocenters. The fraction of sp³-hybridized carbons (Fsp3) is 0.412. The number of nitrogens with one attached hydrogen (secondary N) is 1. The van der Waals surface area contributed by atoms with Gasteiger partial charge in [-0.1, -0.05) is 30.4 Å². The van der Waals surface area contributed by atoms with Gasteiger partial charge in [-0.05, 0) is 30.9 Å². The van der Waals surface area contributed by atoms with Crippen LogP contribution in [0.1, 0.15) is 31.7 Å². The van der Waals surface area contributed by atoms with Gasteiger partial charge in [-0.2, -0.15) is 0 Å². The van der Waals surface area contributed by atoms with Gasteiger partial charge in [0.25, 0.3) is 0 Å². The van der Waals surface area contributed by atoms with E-state index in [1.165, 1.54) is 6.92 Å². The quantitative estimate of drug-likeness (QED) is 0.865. The molecule has 4 heteroatoms. The van der Waals surface area contributed by atoms with E-state index in [-0.39, 0.29) is 17.7 Å². The van der Waals surface area contributed by atoms with Gasteiger partial charge in [0.05, 0.1) is 0 Å². The summed E-state index contributed by atoms with van der Waals surface area (Å²) in [5.41, 5.74) is 1.75. The third-order valence-electron chi connectivity index (χ3n) is 3.86. The second kappa shape index (κ2) is 7.07. The zero-order valence-electron chi connectivity index (χ0n) is 12.6. The maximum Gasteiger partial charge on any atom is 0.227 e. The first-order valence-corrected chi connectivity index (χ1v) is 7.33. The van der Waals surface area contributed by atoms with Crippen molar-refractivity contribution >= 4 is 17.5 Å². The van der Waals surface area contributed by atoms with Crippen molar-refractivity contribution in [3.8, 4) is 0 Å². The van der Waals surface area contributed by atoms with Crippen molar-refractivity contribution < 1.29 is 9.59 Å². The number of hydrogen-bond acceptors (Lipinski definition) is 2. The van der Waals surface area contributed by atoms with Gasteiger partial charge in [-0.25, -0.2) is 0 Å². The molecule has 0 saturated heterocycles. The Balaban J connectivity index is 2.07. The second-order valence-electron chi connectivity index (χ2n) is 5.50. The molecule has 1 atom stereocenters. The molecular weight excluding hydrogens is 264 g/mol. The van der Waals surface area contributed by atoms with Crippen molar-refractivity contribution in [2.24, 2.45) is 5.92 Å². The molecule has 112 valence electrons. The number of anilines is 1. The molecule has 0 aromatic heterocycles. The molecule has 1 aliphatic carbocycles. The van der Waals surface area contributed by atoms with E-state index in [4.69, 9.17) is 0 Å². The van der Waals surface area contributed by atoms with Crippen molar-refractivity contribution in [2.75, 3.05) is 12.4 Å². The van der Waals surface area contributed by atoms with Crippen molar-refractivity contribution in [2.45, 2.75) is 32.7 Å². The summed E-state index contributed by atoms with van der Waals surface area (Å²) in [6, 6.07) is 7.64. The zero-order valence-corrected chi connectivity index (χ0v) is 12.6. The van der Waals surface area contributed by atoms with Crippen LogP contribution in [-0.4, -0.2) is 23.8 Å². The Morgan fingerprint density at radius 2 is 2.05 bits per heavy atom. The fourth-order valence-electron chi connectivity index (χ4n) is 2.41. The lowest BCUT2D eigenvalue weighted by Gasteiger charge is -2.20. The Kier molecular flexibility index (Phi) is 5.14. The Bertz CT molecular complexity index is 551. The highest BCUT2D eigenvalue weighted by Crippen LogP contribution is 2.22. The summed E-state index contributed by atoms with van der Waals surface area (Å²) in [7, 11) is 1.76. The Hall–Kier alpha value is -2.10. The van der Waals surface area contributed by atoms with Gasteiger partial charge in [-0.3, -0.25) is 9.59 Å². The standard InChI is InChI=1S/C17H22N2O2/c1-13(20)19(2)12-15-10-6-7-11-16(15)18-17(21)14-8-4-3-5-9-14/h3-4,6-7,10-11,14H,5,8-9,12H2,1-2H3,(H,18,21)/t14-/m0/s1. The predicted molar refractivity (Wildman–Crippen MR) is 83.7 cm³/mol. The smallest absolute Gasteiger partial charge is 0.227 e. The molecule has 4 nitrogen and oxygen atoms in total. The van der Waals surface area contributed by atoms with E-state index < -0.39 is 0 Å². The first-order chi connectivity index (χ1) is 10.1. The number of nitrogens with zero attached hydrogens (tertiary/aromatic N) is 1. The fourth-order valence-corrected chi connectivity index (χ4v) is 2.41. The van der Waals surface area contributed by atoms with Gasteiger partial charge in [0.2, 0.25) is 11.8 Å². The van der Waals surface area contributed by atoms with Gasteiger partial charge >= 0.3 is 0 Å². The molecule has 1 N–H and O–H groups in total. The molecule has 0 bridgehead atoms. The van der Waals surface area contributed by atoms with Crippen molar-refractivity contribution in [3.05, 3.63) is 42.0 Å². The zero-order chi connectivity index (χ0) is 15.2. The van der Waals surface area contributed by atoms with E-state index in [0.717, 1.165) is 30.5 Å². The predicted octanol–water partition coefficient (Wildman–Crippen LogP) is 2.96. The van der Waals surface area contributed by atoms with Crippen LogP contribution in [0.15, 0.2) is 36.4 Å². The highest BCUT2D eigenvalue weighted by molar-refractivity contribution is 5.93. The van der Waals surface area contributed by atoms with Crippen LogP contribution >= 0.6 is 0 Å². The maximum atomic E-state index is 12.3. The van der Waals surface area contributed by atoms with Crippen LogP contribution in [0.25, 0.3) is 0 Å². The molecule has 0 radical (unpaired) electrons. The summed E-state index contributed by atoms with van der Waals surface area (Å²) in [6.07, 6.45) is 6.87. The van der Waals surface area contributed by atoms with Gasteiger partial charge in [-0.15, -0.1) is 0 Å². The maximum absolute atomic E-state index is 12.3. The first-order valence-electron chi connectivity index (χ1n) is 7.33. The second-order valence-corrected chi connectivity index (χ2v) is 5.50. The summed E-state index contributed by atoms with van der Waals surface area (Å²) in [6.45, 7) is 2.03. The topological polar surface area (TPSA) is 49.4 Å². The van der Waals surface area contributed by atoms with E-state index in [0.29, 0.717) is 6.54 Å². The average Bonchev–Trinajstić information content (AvgIpc) is 2.50. The number of carbonyl (C=O) groups is 2. The molecule has 0 aliphatic heterocycles. The number of para-hydroxylation sites is 1. The lowest BCUT2D eigenvalue weighted by atomic mass is 9.93. The Labute approximate surface area is 125 Å². The van der Waals surface area contributed by atoms with E-state index in [2.05, 4.69) is 17.5 Å². The summed E-state index contributed by atoms with van der Waals surface area (Å²) in [4.78, 5) is 25.3. The third-order valence-corrected chi connectivity index (χ3v) is 3.86. The molecular formula is C17H22N2O2. The van der Waals surface area contributed by atoms with Crippen molar-refractivity contribution in [1.29, 1.82) is 0 Å². The van der Waals surface area contributed by atoms with Crippen LogP contribution in [0.4, 0.5) is 5.69 Å². The molecule has 2 amide bonds. The lowest BCUT2D eigenvalue weighted by molar-refractivity contribution is -0.128. The Morgan fingerprint density at radius 1 is 1.29 bits per heavy atom. The number of carbonyl (C=O) groups excluding carboxylic acids is 2. The Morgan fingerprint density at radius 3 is 2.71 bits per heavy atom. The van der Waals surface area contributed by atoms with E-state index in [1.54, 1.807) is 11.9 Å². The van der Waals surface area contributed by atoms with Crippen molar-refractivity contribution in [1.82, 2.24) is 4.90 Å². The van der Waals surface area contributed by atoms with Crippen LogP contribution in [0.5, 0.6) is 0 Å². The first kappa shape index (κ1) is 15.3. The normalized spacial score (nSPS) is 17.3. The van der Waals surface area contributed by atoms with Gasteiger partial charge in [0.15, 0.2) is 0 Å². The molecule has 21 heavy (non-hydrogen) atoms. The van der Waals surface area contributed by atoms with Crippen LogP contribution in [0, 0.1) is 5.92 Å². The van der Waals surface area contributed by atoms with Gasteiger partial charge in [0, 0.05) is 32.1 Å². The largest absolute Gasteiger partial charge is 0.342 e. The number of hydrogen-bond donors (Lipinski definition) is 1. The van der Waals surface area contributed by atoms with Gasteiger partial charge in [0.1, 0.15) is 0 Å². The minimum absolute atomic E-state index is 0.00791. The number of allylic oxidation sites excluding steroid dienone is 2. The van der Waals surface area contributed by atoms with E-state index in [9.17, 15) is 9.59 Å². The molecule has 1 aliphatic rings. The van der Waals surface area contributed by atoms with Crippen LogP contribution in [0.3, 0.4) is 0 Å². The summed E-state index contributed by atoms with van der Waals surface area (Å²) in [5, 5.41) is 3.01. The molecule has 2 rings (SSSR count). The van der Waals surface area contributed by atoms with E-state index >= 15 is 0 Å². The van der Waals surface area contributed by atoms with E-state index in [1.807, 2.05) is 24.3 Å². The summed E-state index contributed by atoms with van der Waals surface area (Å²) < 4.78 is 0. The average molecular weight is 286 g/mol. The molecule has 0 fully saturated rings. The van der Waals surface area contributed by atoms with Gasteiger partial charge < -0.3 is 10.2 Å². The number of rotatable bonds is 4. The highest BCUT2D eigenvalue weighted by atomic mass is 16.2. The minimum Gasteiger partial charge on any atom is -0.342 e. The van der Waals surface area contributed by atoms with Crippen LogP contribution in [0.2, 0.25) is 0 Å². The molecule has 1 aromatic carbocycles. The highest BCUT2D eigenvalue weighted by Gasteiger charge is 2.19. The van der Waals surface area contributed by atoms with Crippen LogP contribution in [-0.2, 0) is 16.1 Å². The number of amides is 2. The molecule has 0 spiro atoms.